The van der Waals surface area contributed by atoms with Crippen molar-refractivity contribution in [3.63, 3.8) is 0 Å². The minimum atomic E-state index is -0.0410. The van der Waals surface area contributed by atoms with Crippen molar-refractivity contribution in [2.24, 2.45) is 0 Å². The van der Waals surface area contributed by atoms with Crippen LogP contribution in [0, 0.1) is 62.3 Å². The lowest BCUT2D eigenvalue weighted by molar-refractivity contribution is 0.465. The lowest BCUT2D eigenvalue weighted by atomic mass is 9.82. The highest BCUT2D eigenvalue weighted by molar-refractivity contribution is 6.38. The van der Waals surface area contributed by atoms with Gasteiger partial charge < -0.3 is 9.52 Å². The molecule has 0 radical (unpaired) electrons. The van der Waals surface area contributed by atoms with Crippen LogP contribution in [0.4, 0.5) is 0 Å². The quantitative estimate of drug-likeness (QED) is 0.277. The molecule has 2 aromatic carbocycles. The fourth-order valence-corrected chi connectivity index (χ4v) is 5.53. The van der Waals surface area contributed by atoms with Crippen LogP contribution in [0.3, 0.4) is 0 Å². The second kappa shape index (κ2) is 7.78. The second-order valence-corrected chi connectivity index (χ2v) is 9.95. The molecular formula is C28H28Cl2O3. The van der Waals surface area contributed by atoms with Crippen LogP contribution in [-0.4, -0.2) is 5.11 Å². The summed E-state index contributed by atoms with van der Waals surface area (Å²) >= 11 is 13.8. The SMILES string of the molecule is Cc1c(C)c(Cl)c(-c2c3c(C)c(C)c(=O)c(C)c-3oc3c(C)c(O)c(C)c(C)c23)c(C)c1Cl. The number of aromatic hydroxyl groups is 1. The van der Waals surface area contributed by atoms with E-state index in [4.69, 9.17) is 27.6 Å². The Hall–Kier alpha value is -2.49. The van der Waals surface area contributed by atoms with Gasteiger partial charge >= 0.3 is 0 Å². The Bertz CT molecular complexity index is 1510. The third-order valence-corrected chi connectivity index (χ3v) is 8.54. The summed E-state index contributed by atoms with van der Waals surface area (Å²) in [6.45, 7) is 17.2. The Morgan fingerprint density at radius 1 is 0.576 bits per heavy atom. The Kier molecular flexibility index (Phi) is 5.58. The van der Waals surface area contributed by atoms with Gasteiger partial charge in [-0.3, -0.25) is 4.79 Å². The molecule has 0 bridgehead atoms. The van der Waals surface area contributed by atoms with Gasteiger partial charge in [0.15, 0.2) is 5.43 Å². The summed E-state index contributed by atoms with van der Waals surface area (Å²) in [5.41, 5.74) is 10.2. The van der Waals surface area contributed by atoms with E-state index in [2.05, 4.69) is 0 Å². The van der Waals surface area contributed by atoms with Crippen molar-refractivity contribution in [3.05, 3.63) is 70.3 Å². The zero-order valence-corrected chi connectivity index (χ0v) is 22.0. The van der Waals surface area contributed by atoms with Crippen molar-refractivity contribution in [2.75, 3.05) is 0 Å². The van der Waals surface area contributed by atoms with Crippen LogP contribution in [0.15, 0.2) is 9.21 Å². The molecule has 2 aliphatic rings. The molecule has 33 heavy (non-hydrogen) atoms. The van der Waals surface area contributed by atoms with E-state index in [0.717, 1.165) is 55.5 Å². The minimum Gasteiger partial charge on any atom is -0.507 e. The van der Waals surface area contributed by atoms with E-state index in [1.54, 1.807) is 6.92 Å². The number of aryl methyl sites for hydroxylation is 2. The molecule has 0 amide bonds. The predicted octanol–water partition coefficient (Wildman–Crippen LogP) is 8.35. The predicted molar refractivity (Wildman–Crippen MR) is 139 cm³/mol. The number of halogens is 2. The second-order valence-electron chi connectivity index (χ2n) is 9.19. The molecule has 2 aromatic rings. The van der Waals surface area contributed by atoms with Crippen LogP contribution in [0.1, 0.15) is 50.1 Å². The lowest BCUT2D eigenvalue weighted by Gasteiger charge is -2.26. The van der Waals surface area contributed by atoms with Crippen molar-refractivity contribution in [3.8, 4) is 28.2 Å². The van der Waals surface area contributed by atoms with Crippen molar-refractivity contribution in [1.29, 1.82) is 0 Å². The number of benzene rings is 3. The molecule has 0 saturated carbocycles. The molecule has 0 unspecified atom stereocenters. The summed E-state index contributed by atoms with van der Waals surface area (Å²) in [6.07, 6.45) is 0. The number of phenols is 1. The average Bonchev–Trinajstić information content (AvgIpc) is 2.80. The van der Waals surface area contributed by atoms with Gasteiger partial charge in [-0.05, 0) is 95.7 Å². The molecule has 0 aromatic heterocycles. The highest BCUT2D eigenvalue weighted by Gasteiger charge is 2.30. The average molecular weight is 483 g/mol. The molecule has 3 nitrogen and oxygen atoms in total. The summed E-state index contributed by atoms with van der Waals surface area (Å²) in [4.78, 5) is 13.0. The van der Waals surface area contributed by atoms with Crippen molar-refractivity contribution in [1.82, 2.24) is 0 Å². The normalized spacial score (nSPS) is 11.7. The Morgan fingerprint density at radius 3 is 1.76 bits per heavy atom. The molecule has 0 saturated heterocycles. The lowest BCUT2D eigenvalue weighted by Crippen LogP contribution is -2.15. The highest BCUT2D eigenvalue weighted by Crippen LogP contribution is 2.51. The van der Waals surface area contributed by atoms with Crippen LogP contribution in [0.2, 0.25) is 10.0 Å². The zero-order valence-electron chi connectivity index (χ0n) is 20.5. The van der Waals surface area contributed by atoms with Gasteiger partial charge in [-0.2, -0.15) is 0 Å². The zero-order chi connectivity index (χ0) is 24.7. The number of hydrogen-bond acceptors (Lipinski definition) is 3. The van der Waals surface area contributed by atoms with E-state index in [0.29, 0.717) is 38.1 Å². The van der Waals surface area contributed by atoms with E-state index >= 15 is 0 Å². The van der Waals surface area contributed by atoms with Gasteiger partial charge in [-0.15, -0.1) is 0 Å². The van der Waals surface area contributed by atoms with E-state index in [1.165, 1.54) is 0 Å². The first-order valence-corrected chi connectivity index (χ1v) is 11.7. The standard InChI is InChI=1S/C28H28Cl2O3/c1-10-14(5)25(31)17(8)27-20(10)22(19-16(7)23(29)12(3)13(4)24(19)30)21-11(2)15(6)26(32)18(9)28(21)33-27/h31H,1-9H3. The third-order valence-electron chi connectivity index (χ3n) is 7.50. The number of rotatable bonds is 1. The molecule has 0 atom stereocenters. The molecular weight excluding hydrogens is 455 g/mol. The van der Waals surface area contributed by atoms with E-state index < -0.39 is 0 Å². The monoisotopic (exact) mass is 482 g/mol. The summed E-state index contributed by atoms with van der Waals surface area (Å²) in [5, 5.41) is 13.0. The molecule has 1 aliphatic heterocycles. The van der Waals surface area contributed by atoms with Crippen LogP contribution in [0.25, 0.3) is 33.4 Å². The topological polar surface area (TPSA) is 50.4 Å². The maximum atomic E-state index is 13.0. The van der Waals surface area contributed by atoms with Crippen LogP contribution in [0.5, 0.6) is 5.75 Å². The van der Waals surface area contributed by atoms with Gasteiger partial charge in [-0.1, -0.05) is 23.2 Å². The first-order chi connectivity index (χ1) is 15.3. The van der Waals surface area contributed by atoms with Crippen LogP contribution < -0.4 is 5.43 Å². The Balaban J connectivity index is 2.49. The molecule has 0 fully saturated rings. The first-order valence-electron chi connectivity index (χ1n) is 11.0. The largest absolute Gasteiger partial charge is 0.507 e. The summed E-state index contributed by atoms with van der Waals surface area (Å²) < 4.78 is 6.43. The van der Waals surface area contributed by atoms with Gasteiger partial charge in [0.1, 0.15) is 17.1 Å². The first kappa shape index (κ1) is 23.7. The van der Waals surface area contributed by atoms with Gasteiger partial charge in [-0.25, -0.2) is 0 Å². The molecule has 1 aliphatic carbocycles. The van der Waals surface area contributed by atoms with Crippen molar-refractivity contribution < 1.29 is 9.52 Å². The maximum absolute atomic E-state index is 13.0. The van der Waals surface area contributed by atoms with Crippen molar-refractivity contribution in [2.45, 2.75) is 62.3 Å². The molecule has 172 valence electrons. The molecule has 4 rings (SSSR count). The van der Waals surface area contributed by atoms with Crippen LogP contribution in [-0.2, 0) is 0 Å². The van der Waals surface area contributed by atoms with Gasteiger partial charge in [0.25, 0.3) is 0 Å². The molecule has 5 heteroatoms. The van der Waals surface area contributed by atoms with E-state index in [-0.39, 0.29) is 11.2 Å². The van der Waals surface area contributed by atoms with Gasteiger partial charge in [0, 0.05) is 43.8 Å². The highest BCUT2D eigenvalue weighted by atomic mass is 35.5. The maximum Gasteiger partial charge on any atom is 0.188 e. The van der Waals surface area contributed by atoms with Crippen LogP contribution >= 0.6 is 23.2 Å². The molecule has 1 heterocycles. The van der Waals surface area contributed by atoms with E-state index in [9.17, 15) is 9.90 Å². The molecule has 1 N–H and O–H groups in total. The third kappa shape index (κ3) is 3.05. The summed E-state index contributed by atoms with van der Waals surface area (Å²) in [7, 11) is 0. The fourth-order valence-electron chi connectivity index (χ4n) is 4.92. The van der Waals surface area contributed by atoms with Crippen molar-refractivity contribution >= 4 is 34.2 Å². The summed E-state index contributed by atoms with van der Waals surface area (Å²) in [6, 6.07) is 0. The number of fused-ring (bicyclic) bond motifs is 2. The number of phenolic OH excluding ortho intramolecular Hbond substituents is 1. The molecule has 0 spiro atoms. The fraction of sp³-hybridized carbons (Fsp3) is 0.321. The Morgan fingerprint density at radius 2 is 1.15 bits per heavy atom. The van der Waals surface area contributed by atoms with Gasteiger partial charge in [0.05, 0.1) is 5.02 Å². The minimum absolute atomic E-state index is 0.0410. The number of hydrogen-bond donors (Lipinski definition) is 1. The smallest absolute Gasteiger partial charge is 0.188 e. The van der Waals surface area contributed by atoms with Gasteiger partial charge in [0.2, 0.25) is 0 Å². The van der Waals surface area contributed by atoms with E-state index in [1.807, 2.05) is 55.4 Å². The Labute approximate surface area is 204 Å². The summed E-state index contributed by atoms with van der Waals surface area (Å²) in [5.74, 6) is 0.708.